The standard InChI is InChI=1S/C10H13N5O2/c16-10-13-12-9-4-3-8(14-15(9)10)11-7-2-1-5-17-6-7/h3-4,7H,1-2,5-6H2,(H,11,14)(H,13,16). The molecule has 1 aliphatic rings. The van der Waals surface area contributed by atoms with Gasteiger partial charge in [0.1, 0.15) is 5.82 Å². The van der Waals surface area contributed by atoms with Crippen molar-refractivity contribution in [3.05, 3.63) is 22.6 Å². The molecule has 0 spiro atoms. The maximum absolute atomic E-state index is 11.4. The molecule has 7 nitrogen and oxygen atoms in total. The Bertz CT molecular complexity index is 569. The van der Waals surface area contributed by atoms with Crippen molar-refractivity contribution in [3.8, 4) is 0 Å². The molecule has 0 amide bonds. The number of H-pyrrole nitrogens is 1. The molecule has 1 aliphatic heterocycles. The number of anilines is 1. The summed E-state index contributed by atoms with van der Waals surface area (Å²) in [6, 6.07) is 3.82. The minimum Gasteiger partial charge on any atom is -0.379 e. The zero-order valence-electron chi connectivity index (χ0n) is 9.22. The van der Waals surface area contributed by atoms with E-state index in [0.29, 0.717) is 18.1 Å². The van der Waals surface area contributed by atoms with Crippen molar-refractivity contribution in [2.75, 3.05) is 18.5 Å². The number of hydrogen-bond donors (Lipinski definition) is 2. The zero-order chi connectivity index (χ0) is 11.7. The van der Waals surface area contributed by atoms with Gasteiger partial charge >= 0.3 is 5.69 Å². The Labute approximate surface area is 96.8 Å². The van der Waals surface area contributed by atoms with Gasteiger partial charge in [-0.1, -0.05) is 0 Å². The van der Waals surface area contributed by atoms with Gasteiger partial charge in [-0.15, -0.1) is 5.10 Å². The summed E-state index contributed by atoms with van der Waals surface area (Å²) in [5.41, 5.74) is 0.184. The third kappa shape index (κ3) is 2.01. The quantitative estimate of drug-likeness (QED) is 0.766. The lowest BCUT2D eigenvalue weighted by Gasteiger charge is -2.23. The predicted octanol–water partition coefficient (Wildman–Crippen LogP) is 0.00850. The molecular formula is C10H13N5O2. The van der Waals surface area contributed by atoms with Gasteiger partial charge in [-0.05, 0) is 25.0 Å². The van der Waals surface area contributed by atoms with E-state index in [1.165, 1.54) is 4.52 Å². The summed E-state index contributed by atoms with van der Waals surface area (Å²) in [4.78, 5) is 11.4. The predicted molar refractivity (Wildman–Crippen MR) is 61.1 cm³/mol. The van der Waals surface area contributed by atoms with Crippen molar-refractivity contribution in [2.24, 2.45) is 0 Å². The molecule has 0 radical (unpaired) electrons. The summed E-state index contributed by atoms with van der Waals surface area (Å²) in [5.74, 6) is 0.663. The SMILES string of the molecule is O=c1[nH]nc2ccc(NC3CCCOC3)nn12. The van der Waals surface area contributed by atoms with Gasteiger partial charge in [0.2, 0.25) is 0 Å². The molecule has 7 heteroatoms. The highest BCUT2D eigenvalue weighted by Gasteiger charge is 2.14. The lowest BCUT2D eigenvalue weighted by Crippen LogP contribution is -2.30. The van der Waals surface area contributed by atoms with Crippen LogP contribution in [0, 0.1) is 0 Å². The van der Waals surface area contributed by atoms with Gasteiger partial charge in [-0.25, -0.2) is 9.89 Å². The number of ether oxygens (including phenoxy) is 1. The largest absolute Gasteiger partial charge is 0.379 e. The first-order chi connectivity index (χ1) is 8.33. The molecule has 1 unspecified atom stereocenters. The Hall–Kier alpha value is -1.89. The topological polar surface area (TPSA) is 84.3 Å². The number of aromatic nitrogens is 4. The summed E-state index contributed by atoms with van der Waals surface area (Å²) in [6.07, 6.45) is 2.10. The van der Waals surface area contributed by atoms with E-state index in [4.69, 9.17) is 4.74 Å². The van der Waals surface area contributed by atoms with E-state index in [1.54, 1.807) is 6.07 Å². The van der Waals surface area contributed by atoms with E-state index >= 15 is 0 Å². The first-order valence-corrected chi connectivity index (χ1v) is 5.62. The van der Waals surface area contributed by atoms with Crippen molar-refractivity contribution in [1.82, 2.24) is 19.8 Å². The van der Waals surface area contributed by atoms with E-state index in [1.807, 2.05) is 6.07 Å². The monoisotopic (exact) mass is 235 g/mol. The summed E-state index contributed by atoms with van der Waals surface area (Å²) in [6.45, 7) is 1.51. The second-order valence-electron chi connectivity index (χ2n) is 4.08. The van der Waals surface area contributed by atoms with Crippen LogP contribution in [0.4, 0.5) is 5.82 Å². The summed E-state index contributed by atoms with van der Waals surface area (Å²) in [5, 5.41) is 13.6. The smallest absolute Gasteiger partial charge is 0.364 e. The maximum Gasteiger partial charge on any atom is 0.364 e. The fourth-order valence-corrected chi connectivity index (χ4v) is 1.94. The van der Waals surface area contributed by atoms with Gasteiger partial charge in [0.05, 0.1) is 12.6 Å². The van der Waals surface area contributed by atoms with Crippen LogP contribution in [0.2, 0.25) is 0 Å². The normalized spacial score (nSPS) is 20.6. The number of aromatic amines is 1. The lowest BCUT2D eigenvalue weighted by molar-refractivity contribution is 0.0875. The van der Waals surface area contributed by atoms with Crippen molar-refractivity contribution in [3.63, 3.8) is 0 Å². The van der Waals surface area contributed by atoms with Crippen molar-refractivity contribution >= 4 is 11.5 Å². The molecule has 2 aromatic rings. The molecular weight excluding hydrogens is 222 g/mol. The number of rotatable bonds is 2. The van der Waals surface area contributed by atoms with E-state index in [2.05, 4.69) is 20.6 Å². The Morgan fingerprint density at radius 2 is 2.47 bits per heavy atom. The van der Waals surface area contributed by atoms with Crippen molar-refractivity contribution in [1.29, 1.82) is 0 Å². The van der Waals surface area contributed by atoms with Crippen LogP contribution in [0.15, 0.2) is 16.9 Å². The molecule has 1 saturated heterocycles. The third-order valence-electron chi connectivity index (χ3n) is 2.79. The van der Waals surface area contributed by atoms with E-state index in [9.17, 15) is 4.79 Å². The number of fused-ring (bicyclic) bond motifs is 1. The molecule has 0 aromatic carbocycles. The highest BCUT2D eigenvalue weighted by atomic mass is 16.5. The minimum absolute atomic E-state index is 0.260. The highest BCUT2D eigenvalue weighted by Crippen LogP contribution is 2.12. The molecule has 3 heterocycles. The summed E-state index contributed by atoms with van der Waals surface area (Å²) < 4.78 is 6.62. The molecule has 1 fully saturated rings. The summed E-state index contributed by atoms with van der Waals surface area (Å²) >= 11 is 0. The average Bonchev–Trinajstić information content (AvgIpc) is 2.73. The van der Waals surface area contributed by atoms with Gasteiger partial charge in [-0.3, -0.25) is 0 Å². The minimum atomic E-state index is -0.330. The van der Waals surface area contributed by atoms with Crippen LogP contribution in [0.5, 0.6) is 0 Å². The van der Waals surface area contributed by atoms with Crippen LogP contribution in [0.25, 0.3) is 5.65 Å². The van der Waals surface area contributed by atoms with Gasteiger partial charge in [0.15, 0.2) is 5.65 Å². The molecule has 2 aromatic heterocycles. The third-order valence-corrected chi connectivity index (χ3v) is 2.79. The van der Waals surface area contributed by atoms with Gasteiger partial charge in [0, 0.05) is 6.61 Å². The number of hydrogen-bond acceptors (Lipinski definition) is 5. The molecule has 17 heavy (non-hydrogen) atoms. The summed E-state index contributed by atoms with van der Waals surface area (Å²) in [7, 11) is 0. The van der Waals surface area contributed by atoms with Gasteiger partial charge in [-0.2, -0.15) is 9.61 Å². The van der Waals surface area contributed by atoms with Gasteiger partial charge in [0.25, 0.3) is 0 Å². The van der Waals surface area contributed by atoms with Crippen molar-refractivity contribution < 1.29 is 4.74 Å². The van der Waals surface area contributed by atoms with Crippen LogP contribution in [0.3, 0.4) is 0 Å². The van der Waals surface area contributed by atoms with E-state index in [-0.39, 0.29) is 11.7 Å². The molecule has 0 saturated carbocycles. The Balaban J connectivity index is 1.84. The molecule has 0 bridgehead atoms. The second kappa shape index (κ2) is 4.17. The van der Waals surface area contributed by atoms with Crippen LogP contribution in [-0.4, -0.2) is 39.1 Å². The number of nitrogens with one attached hydrogen (secondary N) is 2. The Morgan fingerprint density at radius 3 is 3.29 bits per heavy atom. The van der Waals surface area contributed by atoms with Crippen LogP contribution < -0.4 is 11.0 Å². The Morgan fingerprint density at radius 1 is 1.53 bits per heavy atom. The van der Waals surface area contributed by atoms with Gasteiger partial charge < -0.3 is 10.1 Å². The van der Waals surface area contributed by atoms with Crippen molar-refractivity contribution in [2.45, 2.75) is 18.9 Å². The van der Waals surface area contributed by atoms with Crippen LogP contribution in [0.1, 0.15) is 12.8 Å². The molecule has 0 aliphatic carbocycles. The molecule has 1 atom stereocenters. The fourth-order valence-electron chi connectivity index (χ4n) is 1.94. The van der Waals surface area contributed by atoms with E-state index < -0.39 is 0 Å². The Kier molecular flexibility index (Phi) is 2.52. The maximum atomic E-state index is 11.4. The number of nitrogens with zero attached hydrogens (tertiary/aromatic N) is 3. The van der Waals surface area contributed by atoms with E-state index in [0.717, 1.165) is 19.4 Å². The second-order valence-corrected chi connectivity index (χ2v) is 4.08. The molecule has 2 N–H and O–H groups in total. The van der Waals surface area contributed by atoms with Crippen LogP contribution in [-0.2, 0) is 4.74 Å². The highest BCUT2D eigenvalue weighted by molar-refractivity contribution is 5.43. The zero-order valence-corrected chi connectivity index (χ0v) is 9.22. The first kappa shape index (κ1) is 10.3. The fraction of sp³-hybridized carbons (Fsp3) is 0.500. The molecule has 3 rings (SSSR count). The molecule has 90 valence electrons. The van der Waals surface area contributed by atoms with Crippen LogP contribution >= 0.6 is 0 Å². The first-order valence-electron chi connectivity index (χ1n) is 5.62. The lowest BCUT2D eigenvalue weighted by atomic mass is 10.1. The average molecular weight is 235 g/mol.